The molecule has 80 valence electrons. The molecule has 0 radical (unpaired) electrons. The van der Waals surface area contributed by atoms with Crippen molar-refractivity contribution in [3.05, 3.63) is 0 Å². The maximum absolute atomic E-state index is 2.38. The highest BCUT2D eigenvalue weighted by Crippen LogP contribution is 2.29. The lowest BCUT2D eigenvalue weighted by atomic mass is 9.79. The van der Waals surface area contributed by atoms with Gasteiger partial charge in [-0.15, -0.1) is 0 Å². The molecule has 0 heteroatoms. The van der Waals surface area contributed by atoms with Crippen molar-refractivity contribution in [1.29, 1.82) is 0 Å². The van der Waals surface area contributed by atoms with Crippen molar-refractivity contribution in [3.8, 4) is 0 Å². The van der Waals surface area contributed by atoms with E-state index in [1.165, 1.54) is 25.7 Å². The molecule has 0 saturated carbocycles. The topological polar surface area (TPSA) is 0 Å². The zero-order chi connectivity index (χ0) is 10.5. The molecule has 0 fully saturated rings. The van der Waals surface area contributed by atoms with Crippen molar-refractivity contribution in [2.24, 2.45) is 17.3 Å². The van der Waals surface area contributed by atoms with Crippen LogP contribution in [0.5, 0.6) is 0 Å². The van der Waals surface area contributed by atoms with E-state index in [1.54, 1.807) is 0 Å². The standard InChI is InChI=1S/C13H28/c1-11(2)9-7-8-10-12(3)13(4,5)6/h11-12H,7-10H2,1-6H3. The van der Waals surface area contributed by atoms with Crippen LogP contribution in [0.15, 0.2) is 0 Å². The van der Waals surface area contributed by atoms with Crippen LogP contribution < -0.4 is 0 Å². The molecule has 0 aliphatic carbocycles. The Balaban J connectivity index is 3.43. The van der Waals surface area contributed by atoms with Crippen LogP contribution in [-0.2, 0) is 0 Å². The van der Waals surface area contributed by atoms with Gasteiger partial charge < -0.3 is 0 Å². The first-order chi connectivity index (χ1) is 5.84. The molecule has 0 bridgehead atoms. The molecule has 0 amide bonds. The zero-order valence-corrected chi connectivity index (χ0v) is 10.5. The normalized spacial score (nSPS) is 15.0. The van der Waals surface area contributed by atoms with E-state index in [1.807, 2.05) is 0 Å². The number of hydrogen-bond donors (Lipinski definition) is 0. The van der Waals surface area contributed by atoms with Gasteiger partial charge in [0.15, 0.2) is 0 Å². The molecular weight excluding hydrogens is 156 g/mol. The maximum atomic E-state index is 2.38. The van der Waals surface area contributed by atoms with Crippen LogP contribution in [0.25, 0.3) is 0 Å². The average Bonchev–Trinajstić information content (AvgIpc) is 1.95. The highest BCUT2D eigenvalue weighted by Gasteiger charge is 2.18. The van der Waals surface area contributed by atoms with Crippen molar-refractivity contribution in [3.63, 3.8) is 0 Å². The largest absolute Gasteiger partial charge is 0.0628 e. The van der Waals surface area contributed by atoms with Crippen LogP contribution in [0.4, 0.5) is 0 Å². The van der Waals surface area contributed by atoms with Crippen LogP contribution >= 0.6 is 0 Å². The number of unbranched alkanes of at least 4 members (excludes halogenated alkanes) is 1. The van der Waals surface area contributed by atoms with Gasteiger partial charge in [0.1, 0.15) is 0 Å². The van der Waals surface area contributed by atoms with Gasteiger partial charge >= 0.3 is 0 Å². The Hall–Kier alpha value is 0. The Morgan fingerprint density at radius 2 is 1.31 bits per heavy atom. The molecule has 0 aromatic rings. The van der Waals surface area contributed by atoms with Gasteiger partial charge in [-0.3, -0.25) is 0 Å². The molecule has 0 aromatic heterocycles. The van der Waals surface area contributed by atoms with Crippen molar-refractivity contribution in [2.75, 3.05) is 0 Å². The van der Waals surface area contributed by atoms with E-state index >= 15 is 0 Å². The van der Waals surface area contributed by atoms with E-state index in [0.29, 0.717) is 5.41 Å². The van der Waals surface area contributed by atoms with Crippen molar-refractivity contribution in [1.82, 2.24) is 0 Å². The van der Waals surface area contributed by atoms with Crippen LogP contribution in [0, 0.1) is 17.3 Å². The molecule has 0 aliphatic heterocycles. The highest BCUT2D eigenvalue weighted by atomic mass is 14.2. The Morgan fingerprint density at radius 3 is 1.69 bits per heavy atom. The molecule has 0 aromatic carbocycles. The molecule has 0 aliphatic rings. The third-order valence-electron chi connectivity index (χ3n) is 3.15. The lowest BCUT2D eigenvalue weighted by molar-refractivity contribution is 0.239. The van der Waals surface area contributed by atoms with E-state index in [-0.39, 0.29) is 0 Å². The smallest absolute Gasteiger partial charge is 0.0357 e. The predicted octanol–water partition coefficient (Wildman–Crippen LogP) is 4.89. The first kappa shape index (κ1) is 13.0. The van der Waals surface area contributed by atoms with Crippen LogP contribution in [-0.4, -0.2) is 0 Å². The molecule has 0 rings (SSSR count). The second-order valence-corrected chi connectivity index (χ2v) is 5.95. The molecule has 0 saturated heterocycles. The molecule has 0 nitrogen and oxygen atoms in total. The predicted molar refractivity (Wildman–Crippen MR) is 61.9 cm³/mol. The SMILES string of the molecule is CC(C)CCCCC(C)C(C)(C)C. The summed E-state index contributed by atoms with van der Waals surface area (Å²) in [5.74, 6) is 1.74. The summed E-state index contributed by atoms with van der Waals surface area (Å²) in [4.78, 5) is 0. The Kier molecular flexibility index (Phi) is 5.67. The summed E-state index contributed by atoms with van der Waals surface area (Å²) < 4.78 is 0. The summed E-state index contributed by atoms with van der Waals surface area (Å²) in [5, 5.41) is 0. The fourth-order valence-corrected chi connectivity index (χ4v) is 1.44. The first-order valence-electron chi connectivity index (χ1n) is 5.84. The third-order valence-corrected chi connectivity index (χ3v) is 3.15. The van der Waals surface area contributed by atoms with Gasteiger partial charge in [0, 0.05) is 0 Å². The summed E-state index contributed by atoms with van der Waals surface area (Å²) in [5.41, 5.74) is 0.498. The van der Waals surface area contributed by atoms with Gasteiger partial charge in [-0.2, -0.15) is 0 Å². The quantitative estimate of drug-likeness (QED) is 0.534. The maximum Gasteiger partial charge on any atom is -0.0357 e. The van der Waals surface area contributed by atoms with E-state index in [0.717, 1.165) is 11.8 Å². The van der Waals surface area contributed by atoms with Gasteiger partial charge in [0.25, 0.3) is 0 Å². The van der Waals surface area contributed by atoms with E-state index in [9.17, 15) is 0 Å². The van der Waals surface area contributed by atoms with Crippen LogP contribution in [0.1, 0.15) is 67.2 Å². The van der Waals surface area contributed by atoms with Gasteiger partial charge in [0.05, 0.1) is 0 Å². The average molecular weight is 184 g/mol. The third kappa shape index (κ3) is 7.10. The van der Waals surface area contributed by atoms with Gasteiger partial charge in [-0.1, -0.05) is 67.2 Å². The second kappa shape index (κ2) is 5.67. The highest BCUT2D eigenvalue weighted by molar-refractivity contribution is 4.69. The summed E-state index contributed by atoms with van der Waals surface area (Å²) >= 11 is 0. The van der Waals surface area contributed by atoms with E-state index in [2.05, 4.69) is 41.5 Å². The minimum atomic E-state index is 0.498. The summed E-state index contributed by atoms with van der Waals surface area (Å²) in [7, 11) is 0. The van der Waals surface area contributed by atoms with E-state index < -0.39 is 0 Å². The van der Waals surface area contributed by atoms with Gasteiger partial charge in [-0.05, 0) is 17.3 Å². The lowest BCUT2D eigenvalue weighted by Crippen LogP contribution is -2.16. The summed E-state index contributed by atoms with van der Waals surface area (Å²) in [6.07, 6.45) is 5.63. The monoisotopic (exact) mass is 184 g/mol. The minimum absolute atomic E-state index is 0.498. The van der Waals surface area contributed by atoms with Crippen molar-refractivity contribution < 1.29 is 0 Å². The Labute approximate surface area is 85.1 Å². The molecule has 0 spiro atoms. The van der Waals surface area contributed by atoms with Crippen LogP contribution in [0.3, 0.4) is 0 Å². The van der Waals surface area contributed by atoms with E-state index in [4.69, 9.17) is 0 Å². The van der Waals surface area contributed by atoms with Crippen molar-refractivity contribution in [2.45, 2.75) is 67.2 Å². The molecule has 0 heterocycles. The van der Waals surface area contributed by atoms with Crippen LogP contribution in [0.2, 0.25) is 0 Å². The molecular formula is C13H28. The minimum Gasteiger partial charge on any atom is -0.0628 e. The summed E-state index contributed by atoms with van der Waals surface area (Å²) in [6.45, 7) is 14.1. The number of rotatable bonds is 5. The second-order valence-electron chi connectivity index (χ2n) is 5.95. The molecule has 0 N–H and O–H groups in total. The Bertz CT molecular complexity index is 116. The molecule has 13 heavy (non-hydrogen) atoms. The van der Waals surface area contributed by atoms with Gasteiger partial charge in [0.2, 0.25) is 0 Å². The zero-order valence-electron chi connectivity index (χ0n) is 10.5. The van der Waals surface area contributed by atoms with Gasteiger partial charge in [-0.25, -0.2) is 0 Å². The molecule has 1 atom stereocenters. The first-order valence-corrected chi connectivity index (χ1v) is 5.84. The number of hydrogen-bond acceptors (Lipinski definition) is 0. The van der Waals surface area contributed by atoms with Crippen molar-refractivity contribution >= 4 is 0 Å². The lowest BCUT2D eigenvalue weighted by Gasteiger charge is -2.27. The summed E-state index contributed by atoms with van der Waals surface area (Å²) in [6, 6.07) is 0. The fourth-order valence-electron chi connectivity index (χ4n) is 1.44. The molecule has 1 unspecified atom stereocenters. The fraction of sp³-hybridized carbons (Fsp3) is 1.00. The Morgan fingerprint density at radius 1 is 0.846 bits per heavy atom.